The van der Waals surface area contributed by atoms with Crippen molar-refractivity contribution in [3.8, 4) is 17.6 Å². The number of aromatic nitrogens is 1. The van der Waals surface area contributed by atoms with Crippen LogP contribution in [-0.2, 0) is 11.4 Å². The highest BCUT2D eigenvalue weighted by atomic mass is 79.9. The lowest BCUT2D eigenvalue weighted by atomic mass is 9.90. The summed E-state index contributed by atoms with van der Waals surface area (Å²) in [6.45, 7) is 6.93. The van der Waals surface area contributed by atoms with E-state index in [2.05, 4.69) is 22.0 Å². The normalized spacial score (nSPS) is 14.3. The summed E-state index contributed by atoms with van der Waals surface area (Å²) in [7, 11) is 1.60. The van der Waals surface area contributed by atoms with Crippen LogP contribution in [0.5, 0.6) is 11.5 Å². The van der Waals surface area contributed by atoms with Crippen molar-refractivity contribution in [3.05, 3.63) is 137 Å². The van der Waals surface area contributed by atoms with E-state index in [4.69, 9.17) is 14.5 Å². The second-order valence-electron chi connectivity index (χ2n) is 11.2. The lowest BCUT2D eigenvalue weighted by Gasteiger charge is -2.30. The molecule has 0 bridgehead atoms. The number of benzene rings is 4. The summed E-state index contributed by atoms with van der Waals surface area (Å²) in [5.74, 6) is 0.960. The minimum Gasteiger partial charge on any atom is -0.496 e. The predicted molar refractivity (Wildman–Crippen MR) is 192 cm³/mol. The number of nitriles is 1. The Morgan fingerprint density at radius 2 is 1.79 bits per heavy atom. The van der Waals surface area contributed by atoms with E-state index in [1.54, 1.807) is 28.7 Å². The molecular formula is C38H33BrN4O4S. The number of fused-ring (bicyclic) bond motifs is 2. The predicted octanol–water partition coefficient (Wildman–Crippen LogP) is 6.48. The molecule has 1 amide bonds. The van der Waals surface area contributed by atoms with E-state index in [0.29, 0.717) is 56.3 Å². The molecule has 6 rings (SSSR count). The van der Waals surface area contributed by atoms with Crippen LogP contribution >= 0.6 is 27.3 Å². The molecule has 2 heterocycles. The smallest absolute Gasteiger partial charge is 0.271 e. The second kappa shape index (κ2) is 14.0. The zero-order chi connectivity index (χ0) is 33.9. The van der Waals surface area contributed by atoms with E-state index >= 15 is 0 Å². The van der Waals surface area contributed by atoms with Crippen molar-refractivity contribution in [1.29, 1.82) is 5.26 Å². The van der Waals surface area contributed by atoms with Gasteiger partial charge in [-0.05, 0) is 68.0 Å². The average Bonchev–Trinajstić information content (AvgIpc) is 3.40. The number of hydrogen-bond acceptors (Lipinski definition) is 7. The highest BCUT2D eigenvalue weighted by Crippen LogP contribution is 2.40. The first-order chi connectivity index (χ1) is 23.3. The number of hydrogen-bond donors (Lipinski definition) is 0. The van der Waals surface area contributed by atoms with Crippen LogP contribution in [0.1, 0.15) is 49.1 Å². The first-order valence-corrected chi connectivity index (χ1v) is 17.2. The number of halogens is 1. The summed E-state index contributed by atoms with van der Waals surface area (Å²) in [6, 6.07) is 26.1. The van der Waals surface area contributed by atoms with Gasteiger partial charge >= 0.3 is 0 Å². The molecule has 0 unspecified atom stereocenters. The van der Waals surface area contributed by atoms with Gasteiger partial charge in [0.05, 0.1) is 34.5 Å². The van der Waals surface area contributed by atoms with E-state index in [9.17, 15) is 14.9 Å². The molecule has 48 heavy (non-hydrogen) atoms. The fourth-order valence-corrected chi connectivity index (χ4v) is 7.52. The molecule has 5 aromatic rings. The number of thiazole rings is 1. The fraction of sp³-hybridized carbons (Fsp3) is 0.211. The number of nitrogens with zero attached hydrogens (tertiary/aromatic N) is 4. The maximum Gasteiger partial charge on any atom is 0.271 e. The number of allylic oxidation sites excluding steroid dienone is 1. The van der Waals surface area contributed by atoms with Gasteiger partial charge in [-0.3, -0.25) is 14.2 Å². The molecule has 0 N–H and O–H groups in total. The monoisotopic (exact) mass is 720 g/mol. The average molecular weight is 722 g/mol. The largest absolute Gasteiger partial charge is 0.496 e. The van der Waals surface area contributed by atoms with E-state index in [1.807, 2.05) is 93.6 Å². The van der Waals surface area contributed by atoms with Gasteiger partial charge in [0.25, 0.3) is 11.5 Å². The molecular weight excluding hydrogens is 688 g/mol. The van der Waals surface area contributed by atoms with Crippen LogP contribution in [0.2, 0.25) is 0 Å². The zero-order valence-electron chi connectivity index (χ0n) is 27.0. The minimum absolute atomic E-state index is 0.171. The van der Waals surface area contributed by atoms with Crippen LogP contribution in [0, 0.1) is 11.3 Å². The van der Waals surface area contributed by atoms with E-state index < -0.39 is 6.04 Å². The van der Waals surface area contributed by atoms with Crippen molar-refractivity contribution in [1.82, 2.24) is 9.47 Å². The maximum atomic E-state index is 14.6. The number of ether oxygens (including phenoxy) is 2. The molecule has 1 aromatic heterocycles. The third-order valence-electron chi connectivity index (χ3n) is 8.51. The molecule has 0 radical (unpaired) electrons. The summed E-state index contributed by atoms with van der Waals surface area (Å²) in [6.07, 6.45) is 1.79. The summed E-state index contributed by atoms with van der Waals surface area (Å²) in [4.78, 5) is 35.9. The zero-order valence-corrected chi connectivity index (χ0v) is 29.4. The molecule has 0 aliphatic carbocycles. The van der Waals surface area contributed by atoms with Gasteiger partial charge in [0.15, 0.2) is 4.80 Å². The highest BCUT2D eigenvalue weighted by Gasteiger charge is 2.36. The number of carbonyl (C=O) groups is 1. The Morgan fingerprint density at radius 1 is 1.06 bits per heavy atom. The lowest BCUT2D eigenvalue weighted by Crippen LogP contribution is -2.43. The van der Waals surface area contributed by atoms with Gasteiger partial charge in [0.1, 0.15) is 24.1 Å². The highest BCUT2D eigenvalue weighted by molar-refractivity contribution is 9.10. The third kappa shape index (κ3) is 6.07. The number of carbonyl (C=O) groups excluding carboxylic acids is 1. The Hall–Kier alpha value is -4.98. The summed E-state index contributed by atoms with van der Waals surface area (Å²) >= 11 is 4.82. The number of methoxy groups -OCH3 is 1. The number of likely N-dealkylation sites (N-methyl/N-ethyl adjacent to an activating group) is 1. The van der Waals surface area contributed by atoms with E-state index in [1.165, 1.54) is 11.3 Å². The SMILES string of the molecule is CCN(CC)C(=O)C1=C(C)N=c2s/c(=C/c3cc(Br)ccc3OCc3ccccc3C#N)c(=O)n2[C@@H]1c1c(OC)ccc2ccccc12. The van der Waals surface area contributed by atoms with E-state index in [0.717, 1.165) is 26.4 Å². The molecule has 0 saturated heterocycles. The topological polar surface area (TPSA) is 96.9 Å². The fourth-order valence-electron chi connectivity index (χ4n) is 6.10. The second-order valence-corrected chi connectivity index (χ2v) is 13.1. The summed E-state index contributed by atoms with van der Waals surface area (Å²) in [5, 5.41) is 11.4. The van der Waals surface area contributed by atoms with Crippen molar-refractivity contribution in [2.24, 2.45) is 4.99 Å². The van der Waals surface area contributed by atoms with Crippen LogP contribution in [0.4, 0.5) is 0 Å². The van der Waals surface area contributed by atoms with E-state index in [-0.39, 0.29) is 18.1 Å². The Balaban J connectivity index is 1.56. The van der Waals surface area contributed by atoms with Gasteiger partial charge in [-0.1, -0.05) is 75.8 Å². The van der Waals surface area contributed by atoms with Crippen molar-refractivity contribution in [2.45, 2.75) is 33.4 Å². The molecule has 1 aliphatic heterocycles. The lowest BCUT2D eigenvalue weighted by molar-refractivity contribution is -0.127. The molecule has 242 valence electrons. The van der Waals surface area contributed by atoms with Crippen LogP contribution in [0.15, 0.2) is 104 Å². The van der Waals surface area contributed by atoms with Crippen molar-refractivity contribution in [2.75, 3.05) is 20.2 Å². The molecule has 0 saturated carbocycles. The number of rotatable bonds is 9. The van der Waals surface area contributed by atoms with Gasteiger partial charge < -0.3 is 14.4 Å². The van der Waals surface area contributed by atoms with Gasteiger partial charge in [0.2, 0.25) is 0 Å². The molecule has 4 aromatic carbocycles. The van der Waals surface area contributed by atoms with Crippen LogP contribution in [-0.4, -0.2) is 35.6 Å². The Morgan fingerprint density at radius 3 is 2.54 bits per heavy atom. The van der Waals surface area contributed by atoms with Crippen LogP contribution < -0.4 is 24.4 Å². The Labute approximate surface area is 290 Å². The first kappa shape index (κ1) is 32.9. The summed E-state index contributed by atoms with van der Waals surface area (Å²) < 4.78 is 15.0. The van der Waals surface area contributed by atoms with Crippen molar-refractivity contribution >= 4 is 50.0 Å². The first-order valence-electron chi connectivity index (χ1n) is 15.6. The molecule has 8 nitrogen and oxygen atoms in total. The third-order valence-corrected chi connectivity index (χ3v) is 9.98. The molecule has 1 atom stereocenters. The van der Waals surface area contributed by atoms with Crippen molar-refractivity contribution in [3.63, 3.8) is 0 Å². The Bertz CT molecular complexity index is 2310. The molecule has 0 spiro atoms. The number of amides is 1. The summed E-state index contributed by atoms with van der Waals surface area (Å²) in [5.41, 5.74) is 3.43. The Kier molecular flexibility index (Phi) is 9.62. The molecule has 0 fully saturated rings. The quantitative estimate of drug-likeness (QED) is 0.174. The van der Waals surface area contributed by atoms with Gasteiger partial charge in [-0.2, -0.15) is 5.26 Å². The van der Waals surface area contributed by atoms with Gasteiger partial charge in [0, 0.05) is 34.3 Å². The minimum atomic E-state index is -0.779. The maximum absolute atomic E-state index is 14.6. The van der Waals surface area contributed by atoms with Crippen LogP contribution in [0.3, 0.4) is 0 Å². The molecule has 1 aliphatic rings. The van der Waals surface area contributed by atoms with Crippen LogP contribution in [0.25, 0.3) is 16.8 Å². The standard InChI is InChI=1S/C38H33BrN4O4S/c1-5-42(6-2)37(45)33-23(3)41-38-43(35(33)34-29-14-10-9-11-24(29)15-17-31(34)46-4)36(44)32(48-38)20-27-19-28(39)16-18-30(27)47-22-26-13-8-7-12-25(26)21-40/h7-20,35H,5-6,22H2,1-4H3/b32-20+/t35-/m0/s1. The van der Waals surface area contributed by atoms with Gasteiger partial charge in [-0.25, -0.2) is 4.99 Å². The molecule has 10 heteroatoms. The van der Waals surface area contributed by atoms with Crippen molar-refractivity contribution < 1.29 is 14.3 Å². The van der Waals surface area contributed by atoms with Gasteiger partial charge in [-0.15, -0.1) is 0 Å².